The Balaban J connectivity index is 1.54. The summed E-state index contributed by atoms with van der Waals surface area (Å²) in [4.78, 5) is 35.8. The fourth-order valence-corrected chi connectivity index (χ4v) is 3.12. The highest BCUT2D eigenvalue weighted by Crippen LogP contribution is 2.30. The minimum absolute atomic E-state index is 0.182. The van der Waals surface area contributed by atoms with Gasteiger partial charge in [-0.1, -0.05) is 11.6 Å². The second-order valence-electron chi connectivity index (χ2n) is 6.79. The van der Waals surface area contributed by atoms with Crippen LogP contribution in [0.1, 0.15) is 19.4 Å². The number of hydrogen-bond donors (Lipinski definition) is 2. The normalized spacial score (nSPS) is 16.0. The summed E-state index contributed by atoms with van der Waals surface area (Å²) in [6.07, 6.45) is -0.536. The maximum atomic E-state index is 12.5. The maximum absolute atomic E-state index is 12.5. The van der Waals surface area contributed by atoms with E-state index in [0.29, 0.717) is 28.6 Å². The fourth-order valence-electron chi connectivity index (χ4n) is 2.92. The molecule has 0 aliphatic carbocycles. The number of hydrogen-bond acceptors (Lipinski definition) is 5. The largest absolute Gasteiger partial charge is 0.492 e. The summed E-state index contributed by atoms with van der Waals surface area (Å²) in [5, 5.41) is 5.88. The van der Waals surface area contributed by atoms with E-state index < -0.39 is 23.9 Å². The quantitative estimate of drug-likeness (QED) is 0.728. The Bertz CT molecular complexity index is 929. The molecule has 0 spiro atoms. The van der Waals surface area contributed by atoms with Gasteiger partial charge >= 0.3 is 5.97 Å². The van der Waals surface area contributed by atoms with Crippen molar-refractivity contribution in [2.24, 2.45) is 5.92 Å². The van der Waals surface area contributed by atoms with Gasteiger partial charge in [-0.15, -0.1) is 0 Å². The Morgan fingerprint density at radius 2 is 1.76 bits per heavy atom. The molecule has 29 heavy (non-hydrogen) atoms. The molecule has 2 amide bonds. The van der Waals surface area contributed by atoms with Gasteiger partial charge in [-0.05, 0) is 61.4 Å². The van der Waals surface area contributed by atoms with Crippen molar-refractivity contribution in [2.45, 2.75) is 26.4 Å². The first-order chi connectivity index (χ1) is 13.8. The first kappa shape index (κ1) is 20.7. The standard InChI is InChI=1S/C21H21ClN2O5/c1-12(20(26)24-18-6-4-17(5-7-18)23-13(2)25)29-21(27)15-9-14-10-16(22)3-8-19(14)28-11-15/h3-8,10,12,15H,9,11H2,1-2H3,(H,23,25)(H,24,26)/t12-,15+/m1/s1. The number of amides is 2. The van der Waals surface area contributed by atoms with Gasteiger partial charge in [0.25, 0.3) is 5.91 Å². The molecule has 152 valence electrons. The third kappa shape index (κ3) is 5.48. The molecule has 2 aromatic rings. The summed E-state index contributed by atoms with van der Waals surface area (Å²) in [5.41, 5.74) is 1.98. The number of rotatable bonds is 5. The highest BCUT2D eigenvalue weighted by atomic mass is 35.5. The SMILES string of the molecule is CC(=O)Nc1ccc(NC(=O)[C@@H](C)OC(=O)[C@@H]2COc3ccc(Cl)cc3C2)cc1. The van der Waals surface area contributed by atoms with Crippen molar-refractivity contribution in [3.63, 3.8) is 0 Å². The minimum atomic E-state index is -0.974. The summed E-state index contributed by atoms with van der Waals surface area (Å²) in [6.45, 7) is 3.11. The predicted molar refractivity (Wildman–Crippen MR) is 109 cm³/mol. The first-order valence-electron chi connectivity index (χ1n) is 9.12. The van der Waals surface area contributed by atoms with E-state index in [2.05, 4.69) is 10.6 Å². The molecular weight excluding hydrogens is 396 g/mol. The van der Waals surface area contributed by atoms with Crippen LogP contribution < -0.4 is 15.4 Å². The van der Waals surface area contributed by atoms with Crippen LogP contribution >= 0.6 is 11.6 Å². The van der Waals surface area contributed by atoms with Crippen molar-refractivity contribution >= 4 is 40.8 Å². The molecule has 2 aromatic carbocycles. The number of carbonyl (C=O) groups is 3. The van der Waals surface area contributed by atoms with Gasteiger partial charge < -0.3 is 20.1 Å². The summed E-state index contributed by atoms with van der Waals surface area (Å²) < 4.78 is 10.9. The zero-order valence-electron chi connectivity index (χ0n) is 16.0. The van der Waals surface area contributed by atoms with E-state index in [1.807, 2.05) is 0 Å². The van der Waals surface area contributed by atoms with E-state index in [0.717, 1.165) is 5.56 Å². The summed E-state index contributed by atoms with van der Waals surface area (Å²) in [5.74, 6) is -0.941. The second kappa shape index (κ2) is 8.96. The van der Waals surface area contributed by atoms with Crippen LogP contribution in [0.2, 0.25) is 5.02 Å². The fraction of sp³-hybridized carbons (Fsp3) is 0.286. The lowest BCUT2D eigenvalue weighted by Crippen LogP contribution is -2.36. The Morgan fingerprint density at radius 1 is 1.10 bits per heavy atom. The maximum Gasteiger partial charge on any atom is 0.313 e. The van der Waals surface area contributed by atoms with Crippen LogP contribution in [0.4, 0.5) is 11.4 Å². The van der Waals surface area contributed by atoms with Crippen molar-refractivity contribution in [1.29, 1.82) is 0 Å². The number of fused-ring (bicyclic) bond motifs is 1. The first-order valence-corrected chi connectivity index (χ1v) is 9.50. The van der Waals surface area contributed by atoms with Gasteiger partial charge in [0.1, 0.15) is 12.4 Å². The zero-order chi connectivity index (χ0) is 21.0. The van der Waals surface area contributed by atoms with Crippen molar-refractivity contribution in [3.05, 3.63) is 53.1 Å². The Labute approximate surface area is 173 Å². The van der Waals surface area contributed by atoms with E-state index in [1.165, 1.54) is 13.8 Å². The predicted octanol–water partition coefficient (Wildman–Crippen LogP) is 3.42. The van der Waals surface area contributed by atoms with Gasteiger partial charge in [-0.2, -0.15) is 0 Å². The van der Waals surface area contributed by atoms with Crippen LogP contribution in [-0.2, 0) is 25.5 Å². The number of ether oxygens (including phenoxy) is 2. The summed E-state index contributed by atoms with van der Waals surface area (Å²) >= 11 is 6.00. The molecule has 7 nitrogen and oxygen atoms in total. The topological polar surface area (TPSA) is 93.7 Å². The molecule has 2 atom stereocenters. The Kier molecular flexibility index (Phi) is 6.39. The van der Waals surface area contributed by atoms with E-state index in [1.54, 1.807) is 42.5 Å². The molecule has 2 N–H and O–H groups in total. The van der Waals surface area contributed by atoms with E-state index in [-0.39, 0.29) is 12.5 Å². The van der Waals surface area contributed by atoms with Crippen LogP contribution in [0.25, 0.3) is 0 Å². The summed E-state index contributed by atoms with van der Waals surface area (Å²) in [7, 11) is 0. The number of benzene rings is 2. The Hall–Kier alpha value is -3.06. The lowest BCUT2D eigenvalue weighted by atomic mass is 9.97. The number of esters is 1. The molecule has 1 aliphatic heterocycles. The number of halogens is 1. The van der Waals surface area contributed by atoms with Crippen LogP contribution in [-0.4, -0.2) is 30.5 Å². The van der Waals surface area contributed by atoms with Gasteiger partial charge in [0.05, 0.1) is 5.92 Å². The van der Waals surface area contributed by atoms with Crippen LogP contribution in [0.3, 0.4) is 0 Å². The van der Waals surface area contributed by atoms with Gasteiger partial charge in [0, 0.05) is 23.3 Å². The minimum Gasteiger partial charge on any atom is -0.492 e. The van der Waals surface area contributed by atoms with E-state index in [9.17, 15) is 14.4 Å². The zero-order valence-corrected chi connectivity index (χ0v) is 16.8. The number of anilines is 2. The molecule has 1 heterocycles. The highest BCUT2D eigenvalue weighted by Gasteiger charge is 2.30. The van der Waals surface area contributed by atoms with E-state index >= 15 is 0 Å². The molecule has 0 radical (unpaired) electrons. The van der Waals surface area contributed by atoms with Crippen LogP contribution in [0.15, 0.2) is 42.5 Å². The van der Waals surface area contributed by atoms with Gasteiger partial charge in [0.15, 0.2) is 6.10 Å². The van der Waals surface area contributed by atoms with Crippen molar-refractivity contribution in [1.82, 2.24) is 0 Å². The number of nitrogens with one attached hydrogen (secondary N) is 2. The summed E-state index contributed by atoms with van der Waals surface area (Å²) in [6, 6.07) is 11.9. The average molecular weight is 417 g/mol. The molecule has 0 saturated heterocycles. The van der Waals surface area contributed by atoms with Crippen molar-refractivity contribution < 1.29 is 23.9 Å². The van der Waals surface area contributed by atoms with Gasteiger partial charge in [-0.3, -0.25) is 14.4 Å². The molecule has 0 bridgehead atoms. The highest BCUT2D eigenvalue weighted by molar-refractivity contribution is 6.30. The second-order valence-corrected chi connectivity index (χ2v) is 7.23. The smallest absolute Gasteiger partial charge is 0.313 e. The molecule has 0 fully saturated rings. The molecule has 0 saturated carbocycles. The molecule has 0 aromatic heterocycles. The average Bonchev–Trinajstić information content (AvgIpc) is 2.68. The molecule has 1 aliphatic rings. The lowest BCUT2D eigenvalue weighted by molar-refractivity contribution is -0.158. The molecular formula is C21H21ClN2O5. The van der Waals surface area contributed by atoms with Crippen LogP contribution in [0, 0.1) is 5.92 Å². The third-order valence-electron chi connectivity index (χ3n) is 4.40. The molecule has 3 rings (SSSR count). The van der Waals surface area contributed by atoms with E-state index in [4.69, 9.17) is 21.1 Å². The van der Waals surface area contributed by atoms with Gasteiger partial charge in [-0.25, -0.2) is 0 Å². The molecule has 8 heteroatoms. The van der Waals surface area contributed by atoms with Gasteiger partial charge in [0.2, 0.25) is 5.91 Å². The van der Waals surface area contributed by atoms with Crippen molar-refractivity contribution in [3.8, 4) is 5.75 Å². The monoisotopic (exact) mass is 416 g/mol. The van der Waals surface area contributed by atoms with Crippen LogP contribution in [0.5, 0.6) is 5.75 Å². The third-order valence-corrected chi connectivity index (χ3v) is 4.63. The molecule has 0 unspecified atom stereocenters. The Morgan fingerprint density at radius 3 is 2.41 bits per heavy atom. The number of carbonyl (C=O) groups excluding carboxylic acids is 3. The lowest BCUT2D eigenvalue weighted by Gasteiger charge is -2.25. The van der Waals surface area contributed by atoms with Crippen molar-refractivity contribution in [2.75, 3.05) is 17.2 Å².